The average Bonchev–Trinajstić information content (AvgIpc) is 3.19. The van der Waals surface area contributed by atoms with Crippen molar-refractivity contribution in [3.8, 4) is 22.9 Å². The molecule has 0 aliphatic heterocycles. The Morgan fingerprint density at radius 2 is 1.93 bits per heavy atom. The summed E-state index contributed by atoms with van der Waals surface area (Å²) in [5.74, 6) is -2.27. The fourth-order valence-corrected chi connectivity index (χ4v) is 3.16. The number of fused-ring (bicyclic) bond motifs is 1. The Labute approximate surface area is 169 Å². The van der Waals surface area contributed by atoms with E-state index in [1.54, 1.807) is 24.4 Å². The number of methoxy groups -OCH3 is 2. The number of hydrogen-bond donors (Lipinski definition) is 2. The van der Waals surface area contributed by atoms with Gasteiger partial charge in [0.15, 0.2) is 5.82 Å². The lowest BCUT2D eigenvalue weighted by Gasteiger charge is -2.09. The fraction of sp³-hybridized carbons (Fsp3) is 0.0952. The van der Waals surface area contributed by atoms with Gasteiger partial charge in [-0.25, -0.2) is 13.8 Å². The zero-order valence-corrected chi connectivity index (χ0v) is 16.0. The van der Waals surface area contributed by atoms with Crippen LogP contribution in [0.15, 0.2) is 42.7 Å². The number of nitrogens with one attached hydrogen (secondary N) is 1. The van der Waals surface area contributed by atoms with Crippen molar-refractivity contribution in [2.24, 2.45) is 0 Å². The number of hydrogen-bond acceptors (Lipinski definition) is 6. The molecule has 3 heterocycles. The molecule has 3 N–H and O–H groups in total. The van der Waals surface area contributed by atoms with Gasteiger partial charge in [0, 0.05) is 40.5 Å². The van der Waals surface area contributed by atoms with Crippen LogP contribution in [0.4, 0.5) is 14.5 Å². The van der Waals surface area contributed by atoms with Crippen LogP contribution in [0.5, 0.6) is 11.8 Å². The van der Waals surface area contributed by atoms with Crippen LogP contribution in [0.1, 0.15) is 15.9 Å². The van der Waals surface area contributed by atoms with E-state index in [0.29, 0.717) is 33.9 Å². The summed E-state index contributed by atoms with van der Waals surface area (Å²) in [5.41, 5.74) is 6.11. The Kier molecular flexibility index (Phi) is 4.78. The quantitative estimate of drug-likeness (QED) is 0.384. The van der Waals surface area contributed by atoms with Gasteiger partial charge in [0.05, 0.1) is 25.5 Å². The van der Waals surface area contributed by atoms with E-state index in [2.05, 4.69) is 15.0 Å². The van der Waals surface area contributed by atoms with Crippen LogP contribution in [0, 0.1) is 11.6 Å². The molecule has 9 heteroatoms. The first-order valence-corrected chi connectivity index (χ1v) is 8.79. The summed E-state index contributed by atoms with van der Waals surface area (Å²) in [5, 5.41) is 0.386. The van der Waals surface area contributed by atoms with Crippen molar-refractivity contribution < 1.29 is 23.0 Å². The number of aromatic amines is 1. The maximum atomic E-state index is 14.4. The van der Waals surface area contributed by atoms with Gasteiger partial charge in [0.1, 0.15) is 11.5 Å². The molecule has 0 atom stereocenters. The molecule has 0 bridgehead atoms. The summed E-state index contributed by atoms with van der Waals surface area (Å²) in [6.45, 7) is 0. The van der Waals surface area contributed by atoms with Crippen LogP contribution >= 0.6 is 0 Å². The number of pyridine rings is 2. The second-order valence-corrected chi connectivity index (χ2v) is 6.39. The summed E-state index contributed by atoms with van der Waals surface area (Å²) in [6, 6.07) is 7.08. The third-order valence-corrected chi connectivity index (χ3v) is 4.67. The number of halogens is 2. The minimum atomic E-state index is -1.10. The van der Waals surface area contributed by atoms with E-state index < -0.39 is 23.0 Å². The Bertz CT molecular complexity index is 1290. The highest BCUT2D eigenvalue weighted by molar-refractivity contribution is 6.16. The SMILES string of the molecule is COc1ccc(-c2cnc3[nH]cc(C(=O)c4c(F)ccc(N)c4F)c3c2)c(OC)n1. The molecule has 1 aromatic carbocycles. The molecule has 3 aromatic heterocycles. The minimum absolute atomic E-state index is 0.0585. The third kappa shape index (κ3) is 3.10. The number of carbonyl (C=O) groups is 1. The van der Waals surface area contributed by atoms with Crippen molar-refractivity contribution in [3.05, 3.63) is 65.5 Å². The molecule has 0 aliphatic carbocycles. The van der Waals surface area contributed by atoms with Gasteiger partial charge in [-0.15, -0.1) is 0 Å². The normalized spacial score (nSPS) is 10.9. The van der Waals surface area contributed by atoms with Crippen LogP contribution in [-0.2, 0) is 0 Å². The van der Waals surface area contributed by atoms with Gasteiger partial charge in [-0.1, -0.05) is 0 Å². The number of ether oxygens (including phenoxy) is 2. The van der Waals surface area contributed by atoms with Gasteiger partial charge in [0.2, 0.25) is 17.5 Å². The number of nitrogens with zero attached hydrogens (tertiary/aromatic N) is 2. The Balaban J connectivity index is 1.86. The number of ketones is 1. The first-order chi connectivity index (χ1) is 14.4. The molecule has 0 spiro atoms. The maximum absolute atomic E-state index is 14.4. The van der Waals surface area contributed by atoms with E-state index in [1.807, 2.05) is 0 Å². The lowest BCUT2D eigenvalue weighted by Crippen LogP contribution is -2.09. The van der Waals surface area contributed by atoms with Crippen LogP contribution in [-0.4, -0.2) is 35.0 Å². The second kappa shape index (κ2) is 7.43. The summed E-state index contributed by atoms with van der Waals surface area (Å²) in [6.07, 6.45) is 2.93. The molecule has 0 unspecified atom stereocenters. The number of anilines is 1. The summed E-state index contributed by atoms with van der Waals surface area (Å²) < 4.78 is 39.0. The molecule has 7 nitrogen and oxygen atoms in total. The second-order valence-electron chi connectivity index (χ2n) is 6.39. The molecule has 30 heavy (non-hydrogen) atoms. The number of H-pyrrole nitrogens is 1. The van der Waals surface area contributed by atoms with Crippen LogP contribution in [0.3, 0.4) is 0 Å². The van der Waals surface area contributed by atoms with Crippen molar-refractivity contribution in [2.45, 2.75) is 0 Å². The molecule has 0 fully saturated rings. The minimum Gasteiger partial charge on any atom is -0.481 e. The lowest BCUT2D eigenvalue weighted by molar-refractivity contribution is 0.103. The van der Waals surface area contributed by atoms with E-state index in [9.17, 15) is 13.6 Å². The summed E-state index contributed by atoms with van der Waals surface area (Å²) in [7, 11) is 2.95. The first-order valence-electron chi connectivity index (χ1n) is 8.79. The number of rotatable bonds is 5. The molecular weight excluding hydrogens is 394 g/mol. The Morgan fingerprint density at radius 1 is 1.13 bits per heavy atom. The topological polar surface area (TPSA) is 103 Å². The highest BCUT2D eigenvalue weighted by Gasteiger charge is 2.24. The van der Waals surface area contributed by atoms with Gasteiger partial charge < -0.3 is 20.2 Å². The van der Waals surface area contributed by atoms with E-state index in [1.165, 1.54) is 20.4 Å². The number of nitrogen functional groups attached to an aromatic ring is 1. The zero-order chi connectivity index (χ0) is 21.4. The van der Waals surface area contributed by atoms with Gasteiger partial charge in [-0.2, -0.15) is 4.98 Å². The number of benzene rings is 1. The van der Waals surface area contributed by atoms with Crippen molar-refractivity contribution in [2.75, 3.05) is 20.0 Å². The molecule has 0 saturated carbocycles. The van der Waals surface area contributed by atoms with Crippen LogP contribution < -0.4 is 15.2 Å². The van der Waals surface area contributed by atoms with Crippen molar-refractivity contribution in [3.63, 3.8) is 0 Å². The monoisotopic (exact) mass is 410 g/mol. The number of carbonyl (C=O) groups excluding carboxylic acids is 1. The smallest absolute Gasteiger partial charge is 0.224 e. The van der Waals surface area contributed by atoms with Crippen LogP contribution in [0.2, 0.25) is 0 Å². The van der Waals surface area contributed by atoms with Gasteiger partial charge in [-0.3, -0.25) is 4.79 Å². The van der Waals surface area contributed by atoms with Gasteiger partial charge in [-0.05, 0) is 24.3 Å². The molecule has 0 radical (unpaired) electrons. The zero-order valence-electron chi connectivity index (χ0n) is 16.0. The highest BCUT2D eigenvalue weighted by Crippen LogP contribution is 2.33. The van der Waals surface area contributed by atoms with Crippen LogP contribution in [0.25, 0.3) is 22.2 Å². The predicted molar refractivity (Wildman–Crippen MR) is 107 cm³/mol. The summed E-state index contributed by atoms with van der Waals surface area (Å²) in [4.78, 5) is 24.3. The Hall–Kier alpha value is -4.01. The third-order valence-electron chi connectivity index (χ3n) is 4.67. The fourth-order valence-electron chi connectivity index (χ4n) is 3.16. The van der Waals surface area contributed by atoms with Crippen molar-refractivity contribution in [1.82, 2.24) is 15.0 Å². The van der Waals surface area contributed by atoms with Crippen molar-refractivity contribution in [1.29, 1.82) is 0 Å². The lowest BCUT2D eigenvalue weighted by atomic mass is 10.00. The summed E-state index contributed by atoms with van der Waals surface area (Å²) >= 11 is 0. The standard InChI is InChI=1S/C21H16F2N4O3/c1-29-16-6-3-11(21(27-16)30-2)10-7-12-13(9-26-20(12)25-8-10)19(28)17-14(22)4-5-15(24)18(17)23/h3-9H,24H2,1-2H3,(H,25,26). The molecule has 0 saturated heterocycles. The van der Waals surface area contributed by atoms with Gasteiger partial charge in [0.25, 0.3) is 0 Å². The van der Waals surface area contributed by atoms with E-state index >= 15 is 0 Å². The van der Waals surface area contributed by atoms with E-state index in [4.69, 9.17) is 15.2 Å². The first kappa shape index (κ1) is 19.3. The largest absolute Gasteiger partial charge is 0.481 e. The average molecular weight is 410 g/mol. The molecule has 0 amide bonds. The number of aromatic nitrogens is 3. The van der Waals surface area contributed by atoms with Gasteiger partial charge >= 0.3 is 0 Å². The maximum Gasteiger partial charge on any atom is 0.224 e. The predicted octanol–water partition coefficient (Wildman–Crippen LogP) is 3.73. The molecular formula is C21H16F2N4O3. The molecule has 152 valence electrons. The molecule has 4 aromatic rings. The molecule has 0 aliphatic rings. The highest BCUT2D eigenvalue weighted by atomic mass is 19.1. The molecule has 4 rings (SSSR count). The van der Waals surface area contributed by atoms with E-state index in [0.717, 1.165) is 12.1 Å². The Morgan fingerprint density at radius 3 is 2.67 bits per heavy atom. The van der Waals surface area contributed by atoms with Crippen molar-refractivity contribution >= 4 is 22.5 Å². The van der Waals surface area contributed by atoms with E-state index in [-0.39, 0.29) is 11.3 Å². The number of nitrogens with two attached hydrogens (primary N) is 1.